The number of allylic oxidation sites excluding steroid dienone is 5. The molecule has 1 heterocycles. The van der Waals surface area contributed by atoms with Gasteiger partial charge in [-0.15, -0.1) is 11.3 Å². The van der Waals surface area contributed by atoms with Crippen molar-refractivity contribution in [3.8, 4) is 0 Å². The molecule has 2 aromatic carbocycles. The van der Waals surface area contributed by atoms with E-state index < -0.39 is 11.7 Å². The number of carbonyl (C=O) groups is 1. The van der Waals surface area contributed by atoms with Crippen molar-refractivity contribution in [1.82, 2.24) is 4.90 Å². The number of alkyl halides is 3. The van der Waals surface area contributed by atoms with Crippen molar-refractivity contribution in [2.75, 3.05) is 6.54 Å². The second-order valence-electron chi connectivity index (χ2n) is 9.15. The molecular weight excluding hydrogens is 527 g/mol. The molecule has 6 heteroatoms. The van der Waals surface area contributed by atoms with Gasteiger partial charge in [0.05, 0.1) is 4.88 Å². The standard InChI is InChI=1S/C22H24F3NOS.C7H8.C5H8/c1-15-8-10-19(11-9-15)18(4)26(21(27)20-16(2)12-14-28-20)13-6-5-7-17(3)22(23,24)25;1-7-5-3-2-4-6-7;1-3-5-4-2/h7-12,14H,4-6,13H2,1-3H3;2-6H,1H3;3-5H,1H2,2H3/b17-7+;;5-4-. The molecule has 0 saturated carbocycles. The third-order valence-corrected chi connectivity index (χ3v) is 6.77. The van der Waals surface area contributed by atoms with E-state index in [1.54, 1.807) is 11.0 Å². The lowest BCUT2D eigenvalue weighted by Gasteiger charge is -2.25. The Labute approximate surface area is 241 Å². The van der Waals surface area contributed by atoms with Gasteiger partial charge in [-0.25, -0.2) is 0 Å². The largest absolute Gasteiger partial charge is 0.412 e. The van der Waals surface area contributed by atoms with Crippen LogP contribution in [0.2, 0.25) is 0 Å². The zero-order chi connectivity index (χ0) is 30.1. The van der Waals surface area contributed by atoms with E-state index in [1.807, 2.05) is 86.8 Å². The maximum Gasteiger partial charge on any atom is 0.412 e. The van der Waals surface area contributed by atoms with Gasteiger partial charge in [0.15, 0.2) is 0 Å². The summed E-state index contributed by atoms with van der Waals surface area (Å²) in [5, 5.41) is 1.85. The number of hydrogen-bond acceptors (Lipinski definition) is 2. The molecule has 0 atom stereocenters. The zero-order valence-corrected chi connectivity index (χ0v) is 24.9. The van der Waals surface area contributed by atoms with E-state index in [0.29, 0.717) is 23.5 Å². The first-order valence-corrected chi connectivity index (χ1v) is 13.9. The summed E-state index contributed by atoms with van der Waals surface area (Å²) in [5.74, 6) is -0.172. The minimum atomic E-state index is -4.31. The Hall–Kier alpha value is -3.64. The molecule has 0 radical (unpaired) electrons. The van der Waals surface area contributed by atoms with Crippen molar-refractivity contribution < 1.29 is 18.0 Å². The Morgan fingerprint density at radius 3 is 2.00 bits per heavy atom. The fourth-order valence-corrected chi connectivity index (χ4v) is 4.20. The summed E-state index contributed by atoms with van der Waals surface area (Å²) in [6.07, 6.45) is 3.09. The number of nitrogens with zero attached hydrogens (tertiary/aromatic N) is 1. The van der Waals surface area contributed by atoms with Gasteiger partial charge >= 0.3 is 6.18 Å². The van der Waals surface area contributed by atoms with Gasteiger partial charge in [0, 0.05) is 17.8 Å². The fourth-order valence-electron chi connectivity index (χ4n) is 3.33. The Kier molecular flexibility index (Phi) is 15.3. The van der Waals surface area contributed by atoms with Crippen LogP contribution in [0.15, 0.2) is 109 Å². The Morgan fingerprint density at radius 1 is 0.975 bits per heavy atom. The molecule has 0 N–H and O–H groups in total. The zero-order valence-electron chi connectivity index (χ0n) is 24.1. The van der Waals surface area contributed by atoms with E-state index in [1.165, 1.54) is 23.0 Å². The van der Waals surface area contributed by atoms with Gasteiger partial charge in [-0.2, -0.15) is 13.2 Å². The highest BCUT2D eigenvalue weighted by molar-refractivity contribution is 7.12. The van der Waals surface area contributed by atoms with Crippen LogP contribution in [-0.4, -0.2) is 23.5 Å². The smallest absolute Gasteiger partial charge is 0.308 e. The number of aryl methyl sites for hydroxylation is 3. The van der Waals surface area contributed by atoms with Gasteiger partial charge in [-0.05, 0) is 70.0 Å². The predicted molar refractivity (Wildman–Crippen MR) is 166 cm³/mol. The summed E-state index contributed by atoms with van der Waals surface area (Å²) in [4.78, 5) is 15.3. The van der Waals surface area contributed by atoms with Crippen molar-refractivity contribution >= 4 is 22.9 Å². The summed E-state index contributed by atoms with van der Waals surface area (Å²) in [5.41, 5.74) is 4.05. The van der Waals surface area contributed by atoms with Crippen LogP contribution < -0.4 is 0 Å². The number of halogens is 3. The fraction of sp³-hybridized carbons (Fsp3) is 0.265. The van der Waals surface area contributed by atoms with Crippen molar-refractivity contribution in [2.45, 2.75) is 53.6 Å². The molecule has 0 aliphatic carbocycles. The minimum absolute atomic E-state index is 0.172. The van der Waals surface area contributed by atoms with Crippen LogP contribution in [0.1, 0.15) is 58.6 Å². The minimum Gasteiger partial charge on any atom is -0.308 e. The maximum atomic E-state index is 13.1. The number of benzene rings is 2. The van der Waals surface area contributed by atoms with Crippen LogP contribution in [0.5, 0.6) is 0 Å². The molecule has 0 saturated heterocycles. The summed E-state index contributed by atoms with van der Waals surface area (Å²) < 4.78 is 37.9. The molecule has 0 spiro atoms. The molecule has 3 rings (SSSR count). The highest BCUT2D eigenvalue weighted by Crippen LogP contribution is 2.27. The van der Waals surface area contributed by atoms with Crippen LogP contribution in [-0.2, 0) is 0 Å². The molecule has 3 aromatic rings. The van der Waals surface area contributed by atoms with E-state index in [9.17, 15) is 18.0 Å². The molecule has 0 fully saturated rings. The lowest BCUT2D eigenvalue weighted by molar-refractivity contribution is -0.0915. The van der Waals surface area contributed by atoms with E-state index in [-0.39, 0.29) is 12.3 Å². The first-order valence-electron chi connectivity index (χ1n) is 13.0. The summed E-state index contributed by atoms with van der Waals surface area (Å²) in [7, 11) is 0. The summed E-state index contributed by atoms with van der Waals surface area (Å²) in [6.45, 7) is 16.8. The molecule has 1 amide bonds. The van der Waals surface area contributed by atoms with Crippen LogP contribution >= 0.6 is 11.3 Å². The molecule has 0 bridgehead atoms. The van der Waals surface area contributed by atoms with Gasteiger partial charge < -0.3 is 4.90 Å². The molecule has 214 valence electrons. The van der Waals surface area contributed by atoms with E-state index in [2.05, 4.69) is 32.2 Å². The SMILES string of the molecule is C=C(c1ccc(C)cc1)N(CCC/C=C(\C)C(F)(F)F)C(=O)c1sccc1C.C=C/C=C\C.Cc1ccccc1. The highest BCUT2D eigenvalue weighted by atomic mass is 32.1. The Morgan fingerprint density at radius 2 is 1.57 bits per heavy atom. The number of rotatable bonds is 8. The lowest BCUT2D eigenvalue weighted by atomic mass is 10.1. The van der Waals surface area contributed by atoms with Gasteiger partial charge in [0.1, 0.15) is 0 Å². The predicted octanol–water partition coefficient (Wildman–Crippen LogP) is 10.5. The summed E-state index contributed by atoms with van der Waals surface area (Å²) >= 11 is 1.36. The van der Waals surface area contributed by atoms with Crippen LogP contribution in [0, 0.1) is 20.8 Å². The van der Waals surface area contributed by atoms with E-state index in [0.717, 1.165) is 23.6 Å². The quantitative estimate of drug-likeness (QED) is 0.151. The third kappa shape index (κ3) is 12.5. The monoisotopic (exact) mass is 567 g/mol. The number of hydrogen-bond donors (Lipinski definition) is 0. The van der Waals surface area contributed by atoms with Gasteiger partial charge in [0.25, 0.3) is 5.91 Å². The van der Waals surface area contributed by atoms with Gasteiger partial charge in [-0.3, -0.25) is 4.79 Å². The number of amides is 1. The Balaban J connectivity index is 0.000000549. The summed E-state index contributed by atoms with van der Waals surface area (Å²) in [6, 6.07) is 19.8. The number of thiophene rings is 1. The normalized spacial score (nSPS) is 11.2. The van der Waals surface area contributed by atoms with Gasteiger partial charge in [-0.1, -0.05) is 103 Å². The third-order valence-electron chi connectivity index (χ3n) is 5.76. The molecule has 0 aliphatic heterocycles. The average molecular weight is 568 g/mol. The first kappa shape index (κ1) is 34.4. The van der Waals surface area contributed by atoms with E-state index in [4.69, 9.17) is 0 Å². The van der Waals surface area contributed by atoms with Crippen molar-refractivity contribution in [2.24, 2.45) is 0 Å². The molecule has 2 nitrogen and oxygen atoms in total. The second kappa shape index (κ2) is 17.9. The number of carbonyl (C=O) groups excluding carboxylic acids is 1. The first-order chi connectivity index (χ1) is 18.9. The molecule has 40 heavy (non-hydrogen) atoms. The van der Waals surface area contributed by atoms with Crippen LogP contribution in [0.3, 0.4) is 0 Å². The number of unbranched alkanes of at least 4 members (excludes halogenated alkanes) is 1. The maximum absolute atomic E-state index is 13.1. The average Bonchev–Trinajstić information content (AvgIpc) is 3.35. The molecule has 0 unspecified atom stereocenters. The second-order valence-corrected chi connectivity index (χ2v) is 10.1. The van der Waals surface area contributed by atoms with Crippen molar-refractivity contribution in [3.63, 3.8) is 0 Å². The van der Waals surface area contributed by atoms with E-state index >= 15 is 0 Å². The van der Waals surface area contributed by atoms with Gasteiger partial charge in [0.2, 0.25) is 0 Å². The van der Waals surface area contributed by atoms with Crippen molar-refractivity contribution in [1.29, 1.82) is 0 Å². The molecule has 1 aromatic heterocycles. The van der Waals surface area contributed by atoms with Crippen molar-refractivity contribution in [3.05, 3.63) is 136 Å². The molecule has 0 aliphatic rings. The Bertz CT molecular complexity index is 1250. The topological polar surface area (TPSA) is 20.3 Å². The lowest BCUT2D eigenvalue weighted by Crippen LogP contribution is -2.30. The molecular formula is C34H40F3NOS. The van der Waals surface area contributed by atoms with Crippen LogP contribution in [0.25, 0.3) is 5.70 Å². The van der Waals surface area contributed by atoms with Crippen LogP contribution in [0.4, 0.5) is 13.2 Å². The highest BCUT2D eigenvalue weighted by Gasteiger charge is 2.29.